The smallest absolute Gasteiger partial charge is 0.118 e. The summed E-state index contributed by atoms with van der Waals surface area (Å²) in [5.74, 6) is 0. The van der Waals surface area contributed by atoms with Crippen LogP contribution >= 0.6 is 0 Å². The Morgan fingerprint density at radius 2 is 2.00 bits per heavy atom. The van der Waals surface area contributed by atoms with E-state index in [-0.39, 0.29) is 6.61 Å². The van der Waals surface area contributed by atoms with Crippen LogP contribution in [0.15, 0.2) is 0 Å². The topological polar surface area (TPSA) is 52.9 Å². The lowest BCUT2D eigenvalue weighted by Gasteiger charge is -2.38. The molecule has 1 saturated heterocycles. The van der Waals surface area contributed by atoms with Gasteiger partial charge in [0, 0.05) is 26.1 Å². The second-order valence-corrected chi connectivity index (χ2v) is 3.29. The number of rotatable bonds is 3. The molecule has 4 heteroatoms. The van der Waals surface area contributed by atoms with Gasteiger partial charge in [-0.3, -0.25) is 4.90 Å². The summed E-state index contributed by atoms with van der Waals surface area (Å²) in [4.78, 5) is 1.94. The van der Waals surface area contributed by atoms with Crippen molar-refractivity contribution >= 4 is 0 Å². The maximum Gasteiger partial charge on any atom is 0.118 e. The predicted octanol–water partition coefficient (Wildman–Crippen LogP) is -0.591. The molecule has 0 spiro atoms. The second-order valence-electron chi connectivity index (χ2n) is 3.29. The Bertz CT molecular complexity index is 132. The maximum atomic E-state index is 9.85. The van der Waals surface area contributed by atoms with E-state index in [9.17, 15) is 5.11 Å². The summed E-state index contributed by atoms with van der Waals surface area (Å²) >= 11 is 0. The van der Waals surface area contributed by atoms with Gasteiger partial charge < -0.3 is 14.9 Å². The molecule has 1 atom stereocenters. The summed E-state index contributed by atoms with van der Waals surface area (Å²) in [7, 11) is 0. The minimum atomic E-state index is -0.876. The number of nitrogens with zero attached hydrogens (tertiary/aromatic N) is 1. The number of morpholine rings is 1. The van der Waals surface area contributed by atoms with Gasteiger partial charge in [0.2, 0.25) is 0 Å². The largest absolute Gasteiger partial charge is 0.396 e. The fourth-order valence-corrected chi connectivity index (χ4v) is 1.41. The lowest BCUT2D eigenvalue weighted by molar-refractivity contribution is -0.137. The maximum absolute atomic E-state index is 9.85. The van der Waals surface area contributed by atoms with Gasteiger partial charge in [0.15, 0.2) is 0 Å². The van der Waals surface area contributed by atoms with E-state index in [2.05, 4.69) is 0 Å². The number of hydrogen-bond acceptors (Lipinski definition) is 4. The van der Waals surface area contributed by atoms with Gasteiger partial charge in [-0.2, -0.15) is 0 Å². The van der Waals surface area contributed by atoms with Gasteiger partial charge in [0.25, 0.3) is 0 Å². The summed E-state index contributed by atoms with van der Waals surface area (Å²) in [6.45, 7) is 4.57. The minimum Gasteiger partial charge on any atom is -0.396 e. The number of hydrogen-bond donors (Lipinski definition) is 2. The molecule has 0 aromatic heterocycles. The van der Waals surface area contributed by atoms with Gasteiger partial charge in [-0.25, -0.2) is 0 Å². The molecule has 72 valence electrons. The lowest BCUT2D eigenvalue weighted by Crippen LogP contribution is -2.52. The molecular formula is C8H17NO3. The fraction of sp³-hybridized carbons (Fsp3) is 1.00. The first-order valence-corrected chi connectivity index (χ1v) is 4.33. The van der Waals surface area contributed by atoms with Crippen molar-refractivity contribution in [3.8, 4) is 0 Å². The molecule has 0 aromatic carbocycles. The van der Waals surface area contributed by atoms with E-state index in [0.29, 0.717) is 19.6 Å². The molecule has 0 aliphatic carbocycles. The SMILES string of the molecule is CC(O)(CCO)N1CCOCC1. The van der Waals surface area contributed by atoms with Crippen molar-refractivity contribution in [3.63, 3.8) is 0 Å². The van der Waals surface area contributed by atoms with Gasteiger partial charge in [0.1, 0.15) is 5.72 Å². The minimum absolute atomic E-state index is 0.0182. The molecule has 1 rings (SSSR count). The number of aliphatic hydroxyl groups is 2. The molecule has 1 heterocycles. The third-order valence-corrected chi connectivity index (χ3v) is 2.28. The first-order valence-electron chi connectivity index (χ1n) is 4.33. The average molecular weight is 175 g/mol. The zero-order chi connectivity index (χ0) is 9.03. The molecule has 1 aliphatic rings. The van der Waals surface area contributed by atoms with Crippen molar-refractivity contribution in [2.45, 2.75) is 19.1 Å². The van der Waals surface area contributed by atoms with Crippen LogP contribution in [0.4, 0.5) is 0 Å². The Morgan fingerprint density at radius 3 is 2.50 bits per heavy atom. The van der Waals surface area contributed by atoms with Crippen LogP contribution in [-0.4, -0.2) is 53.7 Å². The first kappa shape index (κ1) is 9.92. The van der Waals surface area contributed by atoms with Crippen molar-refractivity contribution in [2.75, 3.05) is 32.9 Å². The van der Waals surface area contributed by atoms with E-state index in [1.165, 1.54) is 0 Å². The molecule has 0 amide bonds. The molecule has 0 bridgehead atoms. The molecule has 1 fully saturated rings. The van der Waals surface area contributed by atoms with Crippen molar-refractivity contribution in [2.24, 2.45) is 0 Å². The van der Waals surface area contributed by atoms with Crippen LogP contribution in [-0.2, 0) is 4.74 Å². The van der Waals surface area contributed by atoms with E-state index in [1.807, 2.05) is 4.90 Å². The van der Waals surface area contributed by atoms with Crippen LogP contribution in [0, 0.1) is 0 Å². The van der Waals surface area contributed by atoms with Crippen LogP contribution < -0.4 is 0 Å². The third-order valence-electron chi connectivity index (χ3n) is 2.28. The van der Waals surface area contributed by atoms with E-state index in [0.717, 1.165) is 13.1 Å². The molecule has 1 unspecified atom stereocenters. The van der Waals surface area contributed by atoms with E-state index in [1.54, 1.807) is 6.92 Å². The summed E-state index contributed by atoms with van der Waals surface area (Å²) < 4.78 is 5.16. The summed E-state index contributed by atoms with van der Waals surface area (Å²) in [5, 5.41) is 18.6. The van der Waals surface area contributed by atoms with Gasteiger partial charge in [0.05, 0.1) is 13.2 Å². The fourth-order valence-electron chi connectivity index (χ4n) is 1.41. The molecule has 2 N–H and O–H groups in total. The average Bonchev–Trinajstić information content (AvgIpc) is 2.06. The van der Waals surface area contributed by atoms with Crippen LogP contribution in [0.25, 0.3) is 0 Å². The molecule has 1 aliphatic heterocycles. The Kier molecular flexibility index (Phi) is 3.46. The van der Waals surface area contributed by atoms with Crippen LogP contribution in [0.2, 0.25) is 0 Å². The van der Waals surface area contributed by atoms with Gasteiger partial charge in [-0.15, -0.1) is 0 Å². The number of ether oxygens (including phenoxy) is 1. The highest BCUT2D eigenvalue weighted by atomic mass is 16.5. The van der Waals surface area contributed by atoms with Crippen molar-refractivity contribution in [1.82, 2.24) is 4.90 Å². The Hall–Kier alpha value is -0.160. The molecule has 4 nitrogen and oxygen atoms in total. The quantitative estimate of drug-likeness (QED) is 0.602. The van der Waals surface area contributed by atoms with Crippen molar-refractivity contribution in [1.29, 1.82) is 0 Å². The normalized spacial score (nSPS) is 25.2. The highest BCUT2D eigenvalue weighted by Gasteiger charge is 2.29. The summed E-state index contributed by atoms with van der Waals surface area (Å²) in [6.07, 6.45) is 0.396. The summed E-state index contributed by atoms with van der Waals surface area (Å²) in [5.41, 5.74) is -0.876. The summed E-state index contributed by atoms with van der Waals surface area (Å²) in [6, 6.07) is 0. The highest BCUT2D eigenvalue weighted by molar-refractivity contribution is 4.76. The zero-order valence-corrected chi connectivity index (χ0v) is 7.49. The Labute approximate surface area is 72.7 Å². The molecule has 0 aromatic rings. The predicted molar refractivity (Wildman–Crippen MR) is 44.7 cm³/mol. The van der Waals surface area contributed by atoms with E-state index < -0.39 is 5.72 Å². The highest BCUT2D eigenvalue weighted by Crippen LogP contribution is 2.16. The zero-order valence-electron chi connectivity index (χ0n) is 7.49. The van der Waals surface area contributed by atoms with Gasteiger partial charge in [-0.05, 0) is 6.92 Å². The molecule has 0 radical (unpaired) electrons. The van der Waals surface area contributed by atoms with Crippen LogP contribution in [0.3, 0.4) is 0 Å². The van der Waals surface area contributed by atoms with E-state index in [4.69, 9.17) is 9.84 Å². The second kappa shape index (κ2) is 4.18. The van der Waals surface area contributed by atoms with Crippen molar-refractivity contribution < 1.29 is 14.9 Å². The van der Waals surface area contributed by atoms with Gasteiger partial charge in [-0.1, -0.05) is 0 Å². The number of aliphatic hydroxyl groups excluding tert-OH is 1. The van der Waals surface area contributed by atoms with E-state index >= 15 is 0 Å². The van der Waals surface area contributed by atoms with Gasteiger partial charge >= 0.3 is 0 Å². The molecule has 12 heavy (non-hydrogen) atoms. The third kappa shape index (κ3) is 2.42. The van der Waals surface area contributed by atoms with Crippen LogP contribution in [0.5, 0.6) is 0 Å². The lowest BCUT2D eigenvalue weighted by atomic mass is 10.1. The molecular weight excluding hydrogens is 158 g/mol. The Morgan fingerprint density at radius 1 is 1.42 bits per heavy atom. The Balaban J connectivity index is 2.41. The van der Waals surface area contributed by atoms with Crippen LogP contribution in [0.1, 0.15) is 13.3 Å². The first-order chi connectivity index (χ1) is 5.67. The van der Waals surface area contributed by atoms with Crippen molar-refractivity contribution in [3.05, 3.63) is 0 Å². The molecule has 0 saturated carbocycles. The standard InChI is InChI=1S/C8H17NO3/c1-8(11,2-5-10)9-3-6-12-7-4-9/h10-11H,2-7H2,1H3. The monoisotopic (exact) mass is 175 g/mol.